The van der Waals surface area contributed by atoms with Crippen molar-refractivity contribution < 1.29 is 4.79 Å². The van der Waals surface area contributed by atoms with Gasteiger partial charge in [-0.3, -0.25) is 9.69 Å². The monoisotopic (exact) mass is 197 g/mol. The summed E-state index contributed by atoms with van der Waals surface area (Å²) in [7, 11) is 0. The van der Waals surface area contributed by atoms with Crippen molar-refractivity contribution in [3.63, 3.8) is 0 Å². The summed E-state index contributed by atoms with van der Waals surface area (Å²) in [6.07, 6.45) is 5.07. The lowest BCUT2D eigenvalue weighted by Gasteiger charge is -2.34. The Kier molecular flexibility index (Phi) is 4.59. The Bertz CT molecular complexity index is 189. The van der Waals surface area contributed by atoms with E-state index in [0.29, 0.717) is 18.4 Å². The van der Waals surface area contributed by atoms with Gasteiger partial charge in [0.2, 0.25) is 0 Å². The molecular formula is C12H23NO. The number of Topliss-reactive ketones (excluding diaryl/α,β-unsaturated/α-hetero) is 1. The van der Waals surface area contributed by atoms with E-state index in [4.69, 9.17) is 0 Å². The van der Waals surface area contributed by atoms with Gasteiger partial charge in [-0.2, -0.15) is 0 Å². The van der Waals surface area contributed by atoms with E-state index in [1.807, 2.05) is 13.8 Å². The molecule has 0 aliphatic carbocycles. The number of rotatable bonds is 4. The molecule has 1 heterocycles. The van der Waals surface area contributed by atoms with Crippen molar-refractivity contribution in [2.45, 2.75) is 52.5 Å². The maximum absolute atomic E-state index is 11.6. The van der Waals surface area contributed by atoms with Crippen molar-refractivity contribution in [3.05, 3.63) is 0 Å². The minimum Gasteiger partial charge on any atom is -0.298 e. The van der Waals surface area contributed by atoms with Crippen molar-refractivity contribution in [2.75, 3.05) is 13.1 Å². The molecule has 1 saturated heterocycles. The average Bonchev–Trinajstić information content (AvgIpc) is 2.18. The van der Waals surface area contributed by atoms with E-state index in [2.05, 4.69) is 11.8 Å². The van der Waals surface area contributed by atoms with E-state index >= 15 is 0 Å². The van der Waals surface area contributed by atoms with Crippen LogP contribution in [0.3, 0.4) is 0 Å². The molecule has 1 fully saturated rings. The lowest BCUT2D eigenvalue weighted by atomic mass is 9.98. The van der Waals surface area contributed by atoms with Crippen LogP contribution < -0.4 is 0 Å². The Morgan fingerprint density at radius 2 is 2.14 bits per heavy atom. The molecule has 1 aliphatic rings. The molecule has 2 nitrogen and oxygen atoms in total. The second-order valence-corrected chi connectivity index (χ2v) is 4.65. The van der Waals surface area contributed by atoms with Gasteiger partial charge < -0.3 is 0 Å². The van der Waals surface area contributed by atoms with Gasteiger partial charge in [-0.25, -0.2) is 0 Å². The Morgan fingerprint density at radius 3 is 2.71 bits per heavy atom. The average molecular weight is 197 g/mol. The molecule has 1 aliphatic heterocycles. The summed E-state index contributed by atoms with van der Waals surface area (Å²) in [5, 5.41) is 0. The molecular weight excluding hydrogens is 174 g/mol. The standard InChI is InChI=1S/C12H23NO/c1-4-11-7-5-6-8-13(11)9-12(14)10(2)3/h10-11H,4-9H2,1-3H3. The van der Waals surface area contributed by atoms with Gasteiger partial charge in [-0.1, -0.05) is 27.2 Å². The lowest BCUT2D eigenvalue weighted by Crippen LogP contribution is -2.43. The number of carbonyl (C=O) groups is 1. The molecule has 14 heavy (non-hydrogen) atoms. The first-order valence-electron chi connectivity index (χ1n) is 5.92. The van der Waals surface area contributed by atoms with Gasteiger partial charge in [0.15, 0.2) is 0 Å². The van der Waals surface area contributed by atoms with Crippen molar-refractivity contribution in [3.8, 4) is 0 Å². The third kappa shape index (κ3) is 3.09. The van der Waals surface area contributed by atoms with Gasteiger partial charge in [-0.15, -0.1) is 0 Å². The molecule has 0 aromatic rings. The number of carbonyl (C=O) groups excluding carboxylic acids is 1. The number of nitrogens with zero attached hydrogens (tertiary/aromatic N) is 1. The van der Waals surface area contributed by atoms with E-state index in [1.165, 1.54) is 25.7 Å². The van der Waals surface area contributed by atoms with Gasteiger partial charge >= 0.3 is 0 Å². The van der Waals surface area contributed by atoms with Crippen LogP contribution in [0.4, 0.5) is 0 Å². The largest absolute Gasteiger partial charge is 0.298 e. The topological polar surface area (TPSA) is 20.3 Å². The fourth-order valence-corrected chi connectivity index (χ4v) is 2.11. The Labute approximate surface area is 87.7 Å². The van der Waals surface area contributed by atoms with E-state index in [1.54, 1.807) is 0 Å². The predicted molar refractivity (Wildman–Crippen MR) is 59.3 cm³/mol. The molecule has 0 spiro atoms. The van der Waals surface area contributed by atoms with E-state index in [-0.39, 0.29) is 5.92 Å². The van der Waals surface area contributed by atoms with Crippen LogP contribution >= 0.6 is 0 Å². The number of likely N-dealkylation sites (tertiary alicyclic amines) is 1. The fraction of sp³-hybridized carbons (Fsp3) is 0.917. The molecule has 0 amide bonds. The zero-order valence-corrected chi connectivity index (χ0v) is 9.75. The van der Waals surface area contributed by atoms with Crippen LogP contribution in [-0.4, -0.2) is 29.8 Å². The van der Waals surface area contributed by atoms with Gasteiger partial charge in [0.05, 0.1) is 6.54 Å². The maximum Gasteiger partial charge on any atom is 0.149 e. The molecule has 1 atom stereocenters. The zero-order chi connectivity index (χ0) is 10.6. The minimum atomic E-state index is 0.189. The Balaban J connectivity index is 2.44. The van der Waals surface area contributed by atoms with E-state index in [9.17, 15) is 4.79 Å². The normalized spacial score (nSPS) is 24.1. The molecule has 0 aromatic heterocycles. The summed E-state index contributed by atoms with van der Waals surface area (Å²) in [4.78, 5) is 14.0. The number of hydrogen-bond acceptors (Lipinski definition) is 2. The summed E-state index contributed by atoms with van der Waals surface area (Å²) in [5.41, 5.74) is 0. The molecule has 0 saturated carbocycles. The molecule has 82 valence electrons. The Hall–Kier alpha value is -0.370. The maximum atomic E-state index is 11.6. The van der Waals surface area contributed by atoms with Crippen molar-refractivity contribution in [2.24, 2.45) is 5.92 Å². The minimum absolute atomic E-state index is 0.189. The molecule has 1 unspecified atom stereocenters. The quantitative estimate of drug-likeness (QED) is 0.690. The van der Waals surface area contributed by atoms with E-state index < -0.39 is 0 Å². The van der Waals surface area contributed by atoms with Crippen LogP contribution in [0.1, 0.15) is 46.5 Å². The first-order chi connectivity index (χ1) is 6.65. The molecule has 0 N–H and O–H groups in total. The number of piperidine rings is 1. The van der Waals surface area contributed by atoms with Crippen LogP contribution in [0.5, 0.6) is 0 Å². The highest BCUT2D eigenvalue weighted by molar-refractivity contribution is 5.82. The highest BCUT2D eigenvalue weighted by Crippen LogP contribution is 2.19. The number of ketones is 1. The summed E-state index contributed by atoms with van der Waals surface area (Å²) < 4.78 is 0. The van der Waals surface area contributed by atoms with Crippen molar-refractivity contribution >= 4 is 5.78 Å². The van der Waals surface area contributed by atoms with Gasteiger partial charge in [0.1, 0.15) is 5.78 Å². The van der Waals surface area contributed by atoms with Crippen LogP contribution in [0.15, 0.2) is 0 Å². The smallest absolute Gasteiger partial charge is 0.149 e. The number of hydrogen-bond donors (Lipinski definition) is 0. The van der Waals surface area contributed by atoms with Gasteiger partial charge in [-0.05, 0) is 25.8 Å². The highest BCUT2D eigenvalue weighted by Gasteiger charge is 2.23. The summed E-state index contributed by atoms with van der Waals surface area (Å²) >= 11 is 0. The SMILES string of the molecule is CCC1CCCCN1CC(=O)C(C)C. The summed E-state index contributed by atoms with van der Waals surface area (Å²) in [6, 6.07) is 0.659. The summed E-state index contributed by atoms with van der Waals surface area (Å²) in [6.45, 7) is 8.01. The predicted octanol–water partition coefficient (Wildman–Crippen LogP) is 2.48. The Morgan fingerprint density at radius 1 is 1.43 bits per heavy atom. The van der Waals surface area contributed by atoms with Crippen molar-refractivity contribution in [1.29, 1.82) is 0 Å². The van der Waals surface area contributed by atoms with E-state index in [0.717, 1.165) is 6.54 Å². The lowest BCUT2D eigenvalue weighted by molar-refractivity contribution is -0.124. The first kappa shape index (κ1) is 11.7. The van der Waals surface area contributed by atoms with Gasteiger partial charge in [0.25, 0.3) is 0 Å². The molecule has 0 bridgehead atoms. The summed E-state index contributed by atoms with van der Waals surface area (Å²) in [5.74, 6) is 0.583. The highest BCUT2D eigenvalue weighted by atomic mass is 16.1. The molecule has 0 radical (unpaired) electrons. The third-order valence-corrected chi connectivity index (χ3v) is 3.22. The zero-order valence-electron chi connectivity index (χ0n) is 9.75. The van der Waals surface area contributed by atoms with Crippen LogP contribution in [0, 0.1) is 5.92 Å². The second-order valence-electron chi connectivity index (χ2n) is 4.65. The van der Waals surface area contributed by atoms with Gasteiger partial charge in [0, 0.05) is 12.0 Å². The third-order valence-electron chi connectivity index (χ3n) is 3.22. The van der Waals surface area contributed by atoms with Crippen molar-refractivity contribution in [1.82, 2.24) is 4.90 Å². The molecule has 1 rings (SSSR count). The van der Waals surface area contributed by atoms with Crippen LogP contribution in [-0.2, 0) is 4.79 Å². The molecule has 0 aromatic carbocycles. The second kappa shape index (κ2) is 5.50. The first-order valence-corrected chi connectivity index (χ1v) is 5.92. The fourth-order valence-electron chi connectivity index (χ4n) is 2.11. The van der Waals surface area contributed by atoms with Crippen LogP contribution in [0.25, 0.3) is 0 Å². The molecule has 2 heteroatoms. The van der Waals surface area contributed by atoms with Crippen LogP contribution in [0.2, 0.25) is 0 Å².